The number of hydrogen-bond acceptors (Lipinski definition) is 3. The van der Waals surface area contributed by atoms with E-state index in [0.717, 1.165) is 6.54 Å². The van der Waals surface area contributed by atoms with E-state index < -0.39 is 5.82 Å². The Kier molecular flexibility index (Phi) is 6.86. The first kappa shape index (κ1) is 17.2. The van der Waals surface area contributed by atoms with Crippen molar-refractivity contribution in [3.63, 3.8) is 0 Å². The lowest BCUT2D eigenvalue weighted by atomic mass is 10.1. The van der Waals surface area contributed by atoms with E-state index in [0.29, 0.717) is 18.5 Å². The molecule has 0 saturated heterocycles. The number of benzene rings is 1. The molecule has 0 atom stereocenters. The molecule has 1 N–H and O–H groups in total. The number of aliphatic hydroxyl groups excluding tert-OH is 1. The monoisotopic (exact) mass is 292 g/mol. The molecule has 0 heterocycles. The van der Waals surface area contributed by atoms with Crippen LogP contribution < -0.4 is 0 Å². The molecule has 1 aromatic carbocycles. The third kappa shape index (κ3) is 5.54. The Hall–Kier alpha value is -1.90. The van der Waals surface area contributed by atoms with Gasteiger partial charge in [0, 0.05) is 32.1 Å². The standard InChI is InChI=1S/C16H21FN2O2/c1-18(2)9-10-19(3)16(21)15-12-14(17)8-7-13(15)6-4-5-11-20/h7-8,12,20H,5,9-11H2,1-3H3. The molecule has 0 saturated carbocycles. The fraction of sp³-hybridized carbons (Fsp3) is 0.438. The maximum Gasteiger partial charge on any atom is 0.255 e. The summed E-state index contributed by atoms with van der Waals surface area (Å²) in [7, 11) is 5.53. The van der Waals surface area contributed by atoms with E-state index in [1.807, 2.05) is 19.0 Å². The average Bonchev–Trinajstić information content (AvgIpc) is 2.45. The van der Waals surface area contributed by atoms with Gasteiger partial charge in [-0.1, -0.05) is 11.8 Å². The first-order valence-corrected chi connectivity index (χ1v) is 6.75. The minimum atomic E-state index is -0.466. The minimum absolute atomic E-state index is 0.0415. The SMILES string of the molecule is CN(C)CCN(C)C(=O)c1cc(F)ccc1C#CCCO. The van der Waals surface area contributed by atoms with Gasteiger partial charge in [-0.15, -0.1) is 0 Å². The number of amides is 1. The molecule has 0 spiro atoms. The summed E-state index contributed by atoms with van der Waals surface area (Å²) in [6, 6.07) is 3.98. The second-order valence-corrected chi connectivity index (χ2v) is 5.00. The molecular formula is C16H21FN2O2. The number of carbonyl (C=O) groups excluding carboxylic acids is 1. The molecule has 0 radical (unpaired) electrons. The Bertz CT molecular complexity index is 547. The highest BCUT2D eigenvalue weighted by Gasteiger charge is 2.16. The van der Waals surface area contributed by atoms with Crippen molar-refractivity contribution in [3.05, 3.63) is 35.1 Å². The number of likely N-dealkylation sites (N-methyl/N-ethyl adjacent to an activating group) is 2. The van der Waals surface area contributed by atoms with Crippen LogP contribution in [-0.4, -0.2) is 61.7 Å². The molecular weight excluding hydrogens is 271 g/mol. The van der Waals surface area contributed by atoms with E-state index in [4.69, 9.17) is 5.11 Å². The van der Waals surface area contributed by atoms with Crippen LogP contribution in [0.3, 0.4) is 0 Å². The van der Waals surface area contributed by atoms with Crippen molar-refractivity contribution in [2.24, 2.45) is 0 Å². The van der Waals surface area contributed by atoms with E-state index in [1.54, 1.807) is 11.9 Å². The summed E-state index contributed by atoms with van der Waals surface area (Å²) in [4.78, 5) is 15.9. The van der Waals surface area contributed by atoms with Gasteiger partial charge in [0.05, 0.1) is 12.2 Å². The lowest BCUT2D eigenvalue weighted by Crippen LogP contribution is -2.33. The van der Waals surface area contributed by atoms with Crippen LogP contribution in [0.25, 0.3) is 0 Å². The highest BCUT2D eigenvalue weighted by molar-refractivity contribution is 5.96. The molecule has 5 heteroatoms. The summed E-state index contributed by atoms with van der Waals surface area (Å²) in [5, 5.41) is 8.73. The number of aliphatic hydroxyl groups is 1. The van der Waals surface area contributed by atoms with Crippen molar-refractivity contribution in [2.75, 3.05) is 40.8 Å². The Balaban J connectivity index is 2.96. The molecule has 21 heavy (non-hydrogen) atoms. The van der Waals surface area contributed by atoms with Crippen LogP contribution in [0, 0.1) is 17.7 Å². The first-order chi connectivity index (χ1) is 9.95. The van der Waals surface area contributed by atoms with E-state index in [1.165, 1.54) is 18.2 Å². The Morgan fingerprint density at radius 1 is 1.29 bits per heavy atom. The second-order valence-electron chi connectivity index (χ2n) is 5.00. The van der Waals surface area contributed by atoms with Gasteiger partial charge in [0.2, 0.25) is 0 Å². The largest absolute Gasteiger partial charge is 0.395 e. The van der Waals surface area contributed by atoms with Gasteiger partial charge in [0.25, 0.3) is 5.91 Å². The third-order valence-electron chi connectivity index (χ3n) is 2.90. The highest BCUT2D eigenvalue weighted by atomic mass is 19.1. The molecule has 1 amide bonds. The van der Waals surface area contributed by atoms with E-state index in [9.17, 15) is 9.18 Å². The van der Waals surface area contributed by atoms with Gasteiger partial charge in [-0.2, -0.15) is 0 Å². The molecule has 1 aromatic rings. The summed E-state index contributed by atoms with van der Waals surface area (Å²) >= 11 is 0. The molecule has 0 fully saturated rings. The zero-order valence-electron chi connectivity index (χ0n) is 12.7. The molecule has 0 unspecified atom stereocenters. The summed E-state index contributed by atoms with van der Waals surface area (Å²) < 4.78 is 13.4. The van der Waals surface area contributed by atoms with Crippen molar-refractivity contribution in [1.82, 2.24) is 9.80 Å². The predicted octanol–water partition coefficient (Wildman–Crippen LogP) is 1.19. The fourth-order valence-corrected chi connectivity index (χ4v) is 1.67. The van der Waals surface area contributed by atoms with Gasteiger partial charge < -0.3 is 14.9 Å². The molecule has 0 aliphatic heterocycles. The molecule has 1 rings (SSSR count). The smallest absolute Gasteiger partial charge is 0.255 e. The second kappa shape index (κ2) is 8.40. The van der Waals surface area contributed by atoms with Crippen molar-refractivity contribution in [3.8, 4) is 11.8 Å². The van der Waals surface area contributed by atoms with Crippen LogP contribution in [0.5, 0.6) is 0 Å². The summed E-state index contributed by atoms with van der Waals surface area (Å²) in [6.45, 7) is 1.23. The maximum absolute atomic E-state index is 13.4. The van der Waals surface area contributed by atoms with E-state index >= 15 is 0 Å². The van der Waals surface area contributed by atoms with Crippen molar-refractivity contribution >= 4 is 5.91 Å². The van der Waals surface area contributed by atoms with E-state index in [2.05, 4.69) is 11.8 Å². The quantitative estimate of drug-likeness (QED) is 0.829. The normalized spacial score (nSPS) is 10.2. The minimum Gasteiger partial charge on any atom is -0.395 e. The van der Waals surface area contributed by atoms with Crippen LogP contribution in [0.1, 0.15) is 22.3 Å². The maximum atomic E-state index is 13.4. The van der Waals surface area contributed by atoms with Gasteiger partial charge in [-0.05, 0) is 32.3 Å². The van der Waals surface area contributed by atoms with Gasteiger partial charge in [-0.25, -0.2) is 4.39 Å². The number of rotatable bonds is 5. The third-order valence-corrected chi connectivity index (χ3v) is 2.90. The van der Waals surface area contributed by atoms with Crippen molar-refractivity contribution in [1.29, 1.82) is 0 Å². The Morgan fingerprint density at radius 2 is 2.00 bits per heavy atom. The van der Waals surface area contributed by atoms with E-state index in [-0.39, 0.29) is 18.1 Å². The van der Waals surface area contributed by atoms with Gasteiger partial charge >= 0.3 is 0 Å². The van der Waals surface area contributed by atoms with Crippen LogP contribution in [0.4, 0.5) is 4.39 Å². The number of nitrogens with zero attached hydrogens (tertiary/aromatic N) is 2. The first-order valence-electron chi connectivity index (χ1n) is 6.75. The summed E-state index contributed by atoms with van der Waals surface area (Å²) in [5.41, 5.74) is 0.730. The zero-order valence-corrected chi connectivity index (χ0v) is 12.7. The van der Waals surface area contributed by atoms with Crippen LogP contribution >= 0.6 is 0 Å². The van der Waals surface area contributed by atoms with Gasteiger partial charge in [0.15, 0.2) is 0 Å². The van der Waals surface area contributed by atoms with Crippen LogP contribution in [0.2, 0.25) is 0 Å². The van der Waals surface area contributed by atoms with Crippen LogP contribution in [-0.2, 0) is 0 Å². The number of hydrogen-bond donors (Lipinski definition) is 1. The molecule has 0 bridgehead atoms. The number of carbonyl (C=O) groups is 1. The lowest BCUT2D eigenvalue weighted by Gasteiger charge is -2.20. The average molecular weight is 292 g/mol. The highest BCUT2D eigenvalue weighted by Crippen LogP contribution is 2.13. The van der Waals surface area contributed by atoms with Crippen molar-refractivity contribution in [2.45, 2.75) is 6.42 Å². The molecule has 0 aliphatic carbocycles. The summed E-state index contributed by atoms with van der Waals surface area (Å²) in [5.74, 6) is 4.84. The van der Waals surface area contributed by atoms with Gasteiger partial charge in [0.1, 0.15) is 5.82 Å². The Labute approximate surface area is 125 Å². The zero-order chi connectivity index (χ0) is 15.8. The Morgan fingerprint density at radius 3 is 2.62 bits per heavy atom. The fourth-order valence-electron chi connectivity index (χ4n) is 1.67. The van der Waals surface area contributed by atoms with Crippen molar-refractivity contribution < 1.29 is 14.3 Å². The molecule has 0 aromatic heterocycles. The predicted molar refractivity (Wildman–Crippen MR) is 80.5 cm³/mol. The van der Waals surface area contributed by atoms with Crippen LogP contribution in [0.15, 0.2) is 18.2 Å². The molecule has 0 aliphatic rings. The topological polar surface area (TPSA) is 43.8 Å². The summed E-state index contributed by atoms with van der Waals surface area (Å²) in [6.07, 6.45) is 0.321. The number of halogens is 1. The molecule has 4 nitrogen and oxygen atoms in total. The van der Waals surface area contributed by atoms with Gasteiger partial charge in [-0.3, -0.25) is 4.79 Å². The lowest BCUT2D eigenvalue weighted by molar-refractivity contribution is 0.0785. The molecule has 114 valence electrons.